The van der Waals surface area contributed by atoms with E-state index in [1.165, 1.54) is 109 Å². The van der Waals surface area contributed by atoms with E-state index in [1.54, 1.807) is 0 Å². The molecule has 0 bridgehead atoms. The molecule has 0 fully saturated rings. The third kappa shape index (κ3) is 15.3. The van der Waals surface area contributed by atoms with Gasteiger partial charge in [0.2, 0.25) is 0 Å². The summed E-state index contributed by atoms with van der Waals surface area (Å²) < 4.78 is 22.6. The van der Waals surface area contributed by atoms with Crippen LogP contribution in [-0.2, 0) is 9.47 Å². The molecule has 9 heteroatoms. The van der Waals surface area contributed by atoms with E-state index in [-0.39, 0.29) is 0 Å². The van der Waals surface area contributed by atoms with Gasteiger partial charge in [-0.3, -0.25) is 0 Å². The summed E-state index contributed by atoms with van der Waals surface area (Å²) in [6, 6.07) is 0. The van der Waals surface area contributed by atoms with Crippen LogP contribution in [0.4, 0.5) is 21.0 Å². The van der Waals surface area contributed by atoms with Gasteiger partial charge >= 0.3 is 305 Å². The van der Waals surface area contributed by atoms with E-state index in [2.05, 4.69) is 63.5 Å². The van der Waals surface area contributed by atoms with Crippen molar-refractivity contribution in [3.63, 3.8) is 0 Å². The number of rotatable bonds is 22. The molecule has 274 valence electrons. The Morgan fingerprint density at radius 3 is 0.936 bits per heavy atom. The first-order chi connectivity index (χ1) is 22.1. The molecular formula is C38H74N2O4SSn2. The SMILES string of the molecule is CCC[CH2][Sn]([CH2]CCC)([CH2]CCC)[c]1s[c]([Sn]([CH2]CCC)([CH2]CCC)[CH2]CCC)c(NC(=O)OC(C)(C)C)c1NC(=O)OC(C)(C)C. The van der Waals surface area contributed by atoms with Crippen molar-refractivity contribution in [2.24, 2.45) is 0 Å². The van der Waals surface area contributed by atoms with Crippen LogP contribution in [0.5, 0.6) is 0 Å². The Kier molecular flexibility index (Phi) is 20.9. The molecule has 2 amide bonds. The molecule has 47 heavy (non-hydrogen) atoms. The third-order valence-corrected chi connectivity index (χ3v) is 46.9. The molecule has 1 aromatic rings. The number of unbranched alkanes of at least 4 members (excludes halogenated alkanes) is 6. The van der Waals surface area contributed by atoms with Crippen molar-refractivity contribution in [2.75, 3.05) is 10.6 Å². The van der Waals surface area contributed by atoms with Crippen molar-refractivity contribution >= 4 is 77.4 Å². The van der Waals surface area contributed by atoms with Crippen LogP contribution in [0, 0.1) is 0 Å². The Bertz CT molecular complexity index is 937. The zero-order valence-electron chi connectivity index (χ0n) is 32.8. The van der Waals surface area contributed by atoms with Crippen molar-refractivity contribution in [1.82, 2.24) is 0 Å². The van der Waals surface area contributed by atoms with E-state index < -0.39 is 60.1 Å². The summed E-state index contributed by atoms with van der Waals surface area (Å²) >= 11 is -4.20. The molecule has 0 saturated carbocycles. The van der Waals surface area contributed by atoms with E-state index in [9.17, 15) is 9.59 Å². The summed E-state index contributed by atoms with van der Waals surface area (Å²) in [5, 5.41) is 6.73. The minimum absolute atomic E-state index is 0.423. The van der Waals surface area contributed by atoms with Gasteiger partial charge in [0.25, 0.3) is 0 Å². The Hall–Kier alpha value is -0.163. The molecule has 0 radical (unpaired) electrons. The van der Waals surface area contributed by atoms with E-state index in [0.29, 0.717) is 0 Å². The first kappa shape index (κ1) is 44.9. The van der Waals surface area contributed by atoms with Crippen molar-refractivity contribution < 1.29 is 19.1 Å². The molecule has 0 saturated heterocycles. The summed E-state index contributed by atoms with van der Waals surface area (Å²) in [5.41, 5.74) is 0.521. The molecule has 0 aliphatic carbocycles. The van der Waals surface area contributed by atoms with Gasteiger partial charge in [0.05, 0.1) is 0 Å². The second kappa shape index (κ2) is 21.9. The van der Waals surface area contributed by atoms with Crippen LogP contribution in [0.1, 0.15) is 160 Å². The maximum atomic E-state index is 13.8. The summed E-state index contributed by atoms with van der Waals surface area (Å²) in [6.45, 7) is 25.4. The zero-order chi connectivity index (χ0) is 35.7. The maximum absolute atomic E-state index is 13.8. The average molecular weight is 893 g/mol. The van der Waals surface area contributed by atoms with Gasteiger partial charge in [-0.25, -0.2) is 0 Å². The molecule has 0 spiro atoms. The topological polar surface area (TPSA) is 76.7 Å². The fraction of sp³-hybridized carbons (Fsp3) is 0.842. The normalized spacial score (nSPS) is 12.7. The van der Waals surface area contributed by atoms with Crippen LogP contribution in [0.3, 0.4) is 0 Å². The van der Waals surface area contributed by atoms with Crippen molar-refractivity contribution in [1.29, 1.82) is 0 Å². The Balaban J connectivity index is 4.38. The number of carbonyl (C=O) groups excluding carboxylic acids is 2. The quantitative estimate of drug-likeness (QED) is 0.114. The second-order valence-corrected chi connectivity index (χ2v) is 45.1. The molecule has 1 rings (SSSR count). The number of anilines is 2. The molecular weight excluding hydrogens is 818 g/mol. The van der Waals surface area contributed by atoms with Crippen LogP contribution in [0.25, 0.3) is 0 Å². The Labute approximate surface area is 302 Å². The van der Waals surface area contributed by atoms with Crippen LogP contribution in [0.2, 0.25) is 26.6 Å². The van der Waals surface area contributed by atoms with Gasteiger partial charge in [-0.05, 0) is 0 Å². The molecule has 6 nitrogen and oxygen atoms in total. The monoisotopic (exact) mass is 894 g/mol. The van der Waals surface area contributed by atoms with Crippen LogP contribution in [-0.4, -0.2) is 60.1 Å². The summed E-state index contributed by atoms with van der Waals surface area (Å²) in [6.07, 6.45) is 13.6. The fourth-order valence-corrected chi connectivity index (χ4v) is 49.9. The average Bonchev–Trinajstić information content (AvgIpc) is 3.33. The standard InChI is InChI=1S/C14H20N2O4S.6C4H9.2Sn/c1-13(2,3)19-11(17)15-9-7-21-8-10(9)16-12(18)20-14(4,5)6;6*1-3-4-2;;/h1-6H3,(H,15,17)(H,16,18);6*1,3-4H2,2H3;;. The van der Waals surface area contributed by atoms with Gasteiger partial charge in [0, 0.05) is 0 Å². The zero-order valence-corrected chi connectivity index (χ0v) is 39.3. The molecule has 2 N–H and O–H groups in total. The first-order valence-corrected chi connectivity index (χ1v) is 35.0. The summed E-state index contributed by atoms with van der Waals surface area (Å²) in [5.74, 6) is 0. The first-order valence-electron chi connectivity index (χ1n) is 19.2. The fourth-order valence-electron chi connectivity index (χ4n) is 6.75. The van der Waals surface area contributed by atoms with Gasteiger partial charge in [-0.2, -0.15) is 0 Å². The van der Waals surface area contributed by atoms with E-state index in [0.717, 1.165) is 11.4 Å². The molecule has 0 unspecified atom stereocenters. The van der Waals surface area contributed by atoms with Gasteiger partial charge < -0.3 is 0 Å². The molecule has 1 heterocycles. The number of nitrogens with one attached hydrogen (secondary N) is 2. The van der Waals surface area contributed by atoms with E-state index in [4.69, 9.17) is 9.47 Å². The molecule has 0 atom stereocenters. The Morgan fingerprint density at radius 2 is 0.745 bits per heavy atom. The van der Waals surface area contributed by atoms with Crippen molar-refractivity contribution in [3.05, 3.63) is 0 Å². The minimum atomic E-state index is -3.13. The predicted octanol–water partition coefficient (Wildman–Crippen LogP) is 12.6. The van der Waals surface area contributed by atoms with Crippen LogP contribution < -0.4 is 16.4 Å². The van der Waals surface area contributed by atoms with E-state index in [1.807, 2.05) is 41.5 Å². The van der Waals surface area contributed by atoms with Crippen LogP contribution in [0.15, 0.2) is 0 Å². The summed E-state index contributed by atoms with van der Waals surface area (Å²) in [4.78, 5) is 27.5. The molecule has 0 aromatic carbocycles. The number of hydrogen-bond acceptors (Lipinski definition) is 5. The number of thiophene rings is 1. The summed E-state index contributed by atoms with van der Waals surface area (Å²) in [7, 11) is 0. The molecule has 1 aromatic heterocycles. The van der Waals surface area contributed by atoms with Crippen molar-refractivity contribution in [3.8, 4) is 0 Å². The second-order valence-electron chi connectivity index (χ2n) is 15.9. The van der Waals surface area contributed by atoms with Crippen LogP contribution >= 0.6 is 11.3 Å². The van der Waals surface area contributed by atoms with Gasteiger partial charge in [0.1, 0.15) is 0 Å². The van der Waals surface area contributed by atoms with Gasteiger partial charge in [-0.15, -0.1) is 0 Å². The molecule has 0 aliphatic heterocycles. The number of carbonyl (C=O) groups is 2. The molecule has 0 aliphatic rings. The predicted molar refractivity (Wildman–Crippen MR) is 213 cm³/mol. The number of ether oxygens (including phenoxy) is 2. The van der Waals surface area contributed by atoms with E-state index >= 15 is 0 Å². The number of hydrogen-bond donors (Lipinski definition) is 2. The van der Waals surface area contributed by atoms with Gasteiger partial charge in [-0.1, -0.05) is 0 Å². The van der Waals surface area contributed by atoms with Gasteiger partial charge in [0.15, 0.2) is 0 Å². The van der Waals surface area contributed by atoms with Crippen molar-refractivity contribution in [2.45, 2.75) is 198 Å². The third-order valence-electron chi connectivity index (χ3n) is 9.18. The number of amides is 2. The Morgan fingerprint density at radius 1 is 0.511 bits per heavy atom.